The fourth-order valence-electron chi connectivity index (χ4n) is 0.974. The van der Waals surface area contributed by atoms with Crippen molar-refractivity contribution in [2.75, 3.05) is 20.3 Å². The maximum atomic E-state index is 11.5. The lowest BCUT2D eigenvalue weighted by Crippen LogP contribution is -2.47. The second-order valence-corrected chi connectivity index (χ2v) is 5.57. The molecule has 102 valence electrons. The molecule has 0 rings (SSSR count). The highest BCUT2D eigenvalue weighted by atomic mass is 32.2. The van der Waals surface area contributed by atoms with E-state index in [1.54, 1.807) is 0 Å². The molecule has 0 bridgehead atoms. The zero-order valence-corrected chi connectivity index (χ0v) is 11.1. The van der Waals surface area contributed by atoms with E-state index < -0.39 is 22.2 Å². The van der Waals surface area contributed by atoms with Crippen molar-refractivity contribution < 1.29 is 23.1 Å². The van der Waals surface area contributed by atoms with E-state index in [9.17, 15) is 13.2 Å². The SMILES string of the molecule is COCCC(NS(=O)(=O)NCC(C)C)C(=O)O. The number of ether oxygens (including phenoxy) is 1. The van der Waals surface area contributed by atoms with Gasteiger partial charge in [0.1, 0.15) is 6.04 Å². The fraction of sp³-hybridized carbons (Fsp3) is 0.889. The predicted molar refractivity (Wildman–Crippen MR) is 62.8 cm³/mol. The van der Waals surface area contributed by atoms with Crippen LogP contribution in [0.1, 0.15) is 20.3 Å². The number of carboxylic acid groups (broad SMARTS) is 1. The van der Waals surface area contributed by atoms with Crippen molar-refractivity contribution >= 4 is 16.2 Å². The smallest absolute Gasteiger partial charge is 0.321 e. The van der Waals surface area contributed by atoms with Gasteiger partial charge in [-0.3, -0.25) is 4.79 Å². The largest absolute Gasteiger partial charge is 0.480 e. The molecule has 0 radical (unpaired) electrons. The molecule has 0 saturated heterocycles. The Bertz CT molecular complexity index is 328. The molecule has 7 nitrogen and oxygen atoms in total. The van der Waals surface area contributed by atoms with E-state index in [1.165, 1.54) is 7.11 Å². The van der Waals surface area contributed by atoms with E-state index in [2.05, 4.69) is 9.44 Å². The highest BCUT2D eigenvalue weighted by Gasteiger charge is 2.23. The van der Waals surface area contributed by atoms with Crippen molar-refractivity contribution in [2.24, 2.45) is 5.92 Å². The number of hydrogen-bond acceptors (Lipinski definition) is 4. The molecule has 0 amide bonds. The van der Waals surface area contributed by atoms with Crippen LogP contribution in [0.15, 0.2) is 0 Å². The third kappa shape index (κ3) is 8.08. The first-order valence-electron chi connectivity index (χ1n) is 5.27. The van der Waals surface area contributed by atoms with Gasteiger partial charge in [-0.25, -0.2) is 4.72 Å². The van der Waals surface area contributed by atoms with Crippen molar-refractivity contribution in [3.05, 3.63) is 0 Å². The first kappa shape index (κ1) is 16.3. The van der Waals surface area contributed by atoms with Gasteiger partial charge in [0.15, 0.2) is 0 Å². The zero-order valence-electron chi connectivity index (χ0n) is 10.3. The van der Waals surface area contributed by atoms with Crippen molar-refractivity contribution in [1.82, 2.24) is 9.44 Å². The topological polar surface area (TPSA) is 105 Å². The van der Waals surface area contributed by atoms with Gasteiger partial charge < -0.3 is 9.84 Å². The summed E-state index contributed by atoms with van der Waals surface area (Å²) < 4.78 is 32.0. The molecule has 1 unspecified atom stereocenters. The number of carbonyl (C=O) groups is 1. The highest BCUT2D eigenvalue weighted by molar-refractivity contribution is 7.87. The molecular weight excluding hydrogens is 248 g/mol. The van der Waals surface area contributed by atoms with Crippen molar-refractivity contribution in [1.29, 1.82) is 0 Å². The Morgan fingerprint density at radius 1 is 1.41 bits per heavy atom. The van der Waals surface area contributed by atoms with E-state index in [0.717, 1.165) is 0 Å². The van der Waals surface area contributed by atoms with Gasteiger partial charge >= 0.3 is 5.97 Å². The van der Waals surface area contributed by atoms with Crippen LogP contribution in [0.2, 0.25) is 0 Å². The molecule has 0 saturated carbocycles. The van der Waals surface area contributed by atoms with Crippen molar-refractivity contribution in [2.45, 2.75) is 26.3 Å². The first-order valence-corrected chi connectivity index (χ1v) is 6.75. The third-order valence-electron chi connectivity index (χ3n) is 1.89. The molecule has 0 aliphatic carbocycles. The van der Waals surface area contributed by atoms with E-state index in [0.29, 0.717) is 0 Å². The van der Waals surface area contributed by atoms with Gasteiger partial charge in [-0.2, -0.15) is 13.1 Å². The average molecular weight is 268 g/mol. The standard InChI is InChI=1S/C9H20N2O5S/c1-7(2)6-10-17(14,15)11-8(9(12)13)4-5-16-3/h7-8,10-11H,4-6H2,1-3H3,(H,12,13). The first-order chi connectivity index (χ1) is 7.78. The summed E-state index contributed by atoms with van der Waals surface area (Å²) in [6.45, 7) is 4.12. The summed E-state index contributed by atoms with van der Waals surface area (Å²) in [6, 6.07) is -1.18. The quantitative estimate of drug-likeness (QED) is 0.525. The van der Waals surface area contributed by atoms with Crippen LogP contribution in [0.3, 0.4) is 0 Å². The van der Waals surface area contributed by atoms with E-state index in [-0.39, 0.29) is 25.5 Å². The normalized spacial score (nSPS) is 13.9. The second-order valence-electron chi connectivity index (χ2n) is 4.04. The lowest BCUT2D eigenvalue weighted by Gasteiger charge is -2.15. The van der Waals surface area contributed by atoms with Crippen LogP contribution in [0.4, 0.5) is 0 Å². The summed E-state index contributed by atoms with van der Waals surface area (Å²) in [4.78, 5) is 10.8. The van der Waals surface area contributed by atoms with Gasteiger partial charge in [-0.05, 0) is 12.3 Å². The van der Waals surface area contributed by atoms with Crippen LogP contribution in [0, 0.1) is 5.92 Å². The van der Waals surface area contributed by atoms with Gasteiger partial charge in [0.2, 0.25) is 0 Å². The van der Waals surface area contributed by atoms with E-state index >= 15 is 0 Å². The van der Waals surface area contributed by atoms with Gasteiger partial charge in [0.05, 0.1) is 0 Å². The molecule has 0 spiro atoms. The molecule has 0 heterocycles. The lowest BCUT2D eigenvalue weighted by atomic mass is 10.2. The van der Waals surface area contributed by atoms with Crippen LogP contribution in [0.5, 0.6) is 0 Å². The van der Waals surface area contributed by atoms with E-state index in [1.807, 2.05) is 13.8 Å². The zero-order chi connectivity index (χ0) is 13.5. The number of aliphatic carboxylic acids is 1. The molecule has 17 heavy (non-hydrogen) atoms. The molecule has 0 aliphatic rings. The van der Waals surface area contributed by atoms with Crippen LogP contribution in [-0.4, -0.2) is 45.8 Å². The monoisotopic (exact) mass is 268 g/mol. The van der Waals surface area contributed by atoms with Gasteiger partial charge in [-0.1, -0.05) is 13.8 Å². The average Bonchev–Trinajstić information content (AvgIpc) is 2.21. The molecule has 1 atom stereocenters. The Morgan fingerprint density at radius 3 is 2.41 bits per heavy atom. The molecule has 0 aromatic rings. The Kier molecular flexibility index (Phi) is 7.28. The summed E-state index contributed by atoms with van der Waals surface area (Å²) >= 11 is 0. The fourth-order valence-corrected chi connectivity index (χ4v) is 2.20. The Balaban J connectivity index is 4.37. The Labute approximate surface area is 102 Å². The van der Waals surface area contributed by atoms with Gasteiger partial charge in [-0.15, -0.1) is 0 Å². The minimum Gasteiger partial charge on any atom is -0.480 e. The molecule has 0 aromatic heterocycles. The number of methoxy groups -OCH3 is 1. The maximum Gasteiger partial charge on any atom is 0.321 e. The third-order valence-corrected chi connectivity index (χ3v) is 3.03. The van der Waals surface area contributed by atoms with Gasteiger partial charge in [0.25, 0.3) is 10.2 Å². The van der Waals surface area contributed by atoms with E-state index in [4.69, 9.17) is 9.84 Å². The van der Waals surface area contributed by atoms with Crippen molar-refractivity contribution in [3.8, 4) is 0 Å². The number of carboxylic acids is 1. The summed E-state index contributed by atoms with van der Waals surface area (Å²) in [6.07, 6.45) is 0.0778. The minimum atomic E-state index is -3.79. The second kappa shape index (κ2) is 7.59. The molecule has 0 fully saturated rings. The summed E-state index contributed by atoms with van der Waals surface area (Å²) in [5, 5.41) is 8.83. The lowest BCUT2D eigenvalue weighted by molar-refractivity contribution is -0.139. The Morgan fingerprint density at radius 2 is 2.00 bits per heavy atom. The summed E-state index contributed by atoms with van der Waals surface area (Å²) in [7, 11) is -2.37. The number of hydrogen-bond donors (Lipinski definition) is 3. The number of nitrogens with one attached hydrogen (secondary N) is 2. The van der Waals surface area contributed by atoms with Crippen LogP contribution >= 0.6 is 0 Å². The van der Waals surface area contributed by atoms with Crippen LogP contribution < -0.4 is 9.44 Å². The van der Waals surface area contributed by atoms with Crippen molar-refractivity contribution in [3.63, 3.8) is 0 Å². The molecule has 3 N–H and O–H groups in total. The molecular formula is C9H20N2O5S. The highest BCUT2D eigenvalue weighted by Crippen LogP contribution is 1.96. The van der Waals surface area contributed by atoms with Gasteiger partial charge in [0, 0.05) is 20.3 Å². The van der Waals surface area contributed by atoms with Crippen LogP contribution in [0.25, 0.3) is 0 Å². The maximum absolute atomic E-state index is 11.5. The van der Waals surface area contributed by atoms with Crippen LogP contribution in [-0.2, 0) is 19.7 Å². The minimum absolute atomic E-state index is 0.0778. The number of rotatable bonds is 9. The molecule has 0 aliphatic heterocycles. The summed E-state index contributed by atoms with van der Waals surface area (Å²) in [5.41, 5.74) is 0. The molecule has 0 aromatic carbocycles. The predicted octanol–water partition coefficient (Wildman–Crippen LogP) is -0.444. The Hall–Kier alpha value is -0.700. The summed E-state index contributed by atoms with van der Waals surface area (Å²) in [5.74, 6) is -1.08. The molecule has 8 heteroatoms.